The van der Waals surface area contributed by atoms with Crippen LogP contribution in [0.2, 0.25) is 0 Å². The molecule has 0 aliphatic heterocycles. The van der Waals surface area contributed by atoms with E-state index in [0.29, 0.717) is 0 Å². The van der Waals surface area contributed by atoms with E-state index >= 15 is 0 Å². The van der Waals surface area contributed by atoms with Crippen molar-refractivity contribution in [3.8, 4) is 0 Å². The Kier molecular flexibility index (Phi) is 2.66. The van der Waals surface area contributed by atoms with Gasteiger partial charge in [0.2, 0.25) is 6.20 Å². The third-order valence-corrected chi connectivity index (χ3v) is 2.02. The summed E-state index contributed by atoms with van der Waals surface area (Å²) >= 11 is 2.98. The highest BCUT2D eigenvalue weighted by Gasteiger charge is 2.23. The van der Waals surface area contributed by atoms with E-state index in [1.807, 2.05) is 0 Å². The Morgan fingerprint density at radius 3 is 2.77 bits per heavy atom. The molecule has 1 aromatic rings. The fourth-order valence-electron chi connectivity index (χ4n) is 0.905. The van der Waals surface area contributed by atoms with Crippen LogP contribution in [0.5, 0.6) is 0 Å². The summed E-state index contributed by atoms with van der Waals surface area (Å²) in [5, 5.41) is 22.2. The number of nitrogens with one attached hydrogen (secondary N) is 1. The third-order valence-electron chi connectivity index (χ3n) is 1.44. The summed E-state index contributed by atoms with van der Waals surface area (Å²) in [6.45, 7) is 0. The molecule has 1 aromatic heterocycles. The predicted octanol–water partition coefficient (Wildman–Crippen LogP) is 0.924. The Morgan fingerprint density at radius 1 is 1.69 bits per heavy atom. The lowest BCUT2D eigenvalue weighted by Gasteiger charge is -1.99. The lowest BCUT2D eigenvalue weighted by atomic mass is 10.3. The van der Waals surface area contributed by atoms with E-state index < -0.39 is 4.92 Å². The maximum Gasteiger partial charge on any atom is 0.319 e. The van der Waals surface area contributed by atoms with Crippen LogP contribution in [-0.2, 0) is 0 Å². The number of rotatable bonds is 2. The van der Waals surface area contributed by atoms with E-state index in [4.69, 9.17) is 5.21 Å². The third kappa shape index (κ3) is 1.86. The molecule has 1 heterocycles. The van der Waals surface area contributed by atoms with Gasteiger partial charge in [0.25, 0.3) is 6.20 Å². The molecule has 0 aliphatic rings. The van der Waals surface area contributed by atoms with Crippen LogP contribution in [-0.4, -0.2) is 17.2 Å². The Balaban J connectivity index is 3.38. The molecule has 0 bridgehead atoms. The second-order valence-electron chi connectivity index (χ2n) is 2.26. The SMILES string of the molecule is CNc1c[n+](O)cc(Br)c1[N+](=O)[O-]. The monoisotopic (exact) mass is 248 g/mol. The summed E-state index contributed by atoms with van der Waals surface area (Å²) in [6, 6.07) is 0. The second-order valence-corrected chi connectivity index (χ2v) is 3.11. The fourth-order valence-corrected chi connectivity index (χ4v) is 1.47. The van der Waals surface area contributed by atoms with Crippen LogP contribution in [0.3, 0.4) is 0 Å². The van der Waals surface area contributed by atoms with Gasteiger partial charge < -0.3 is 5.32 Å². The van der Waals surface area contributed by atoms with Crippen LogP contribution in [0.1, 0.15) is 0 Å². The fraction of sp³-hybridized carbons (Fsp3) is 0.167. The van der Waals surface area contributed by atoms with Crippen molar-refractivity contribution in [3.63, 3.8) is 0 Å². The number of aromatic nitrogens is 1. The molecule has 0 amide bonds. The van der Waals surface area contributed by atoms with Crippen LogP contribution in [0, 0.1) is 10.1 Å². The van der Waals surface area contributed by atoms with Gasteiger partial charge in [0, 0.05) is 11.8 Å². The summed E-state index contributed by atoms with van der Waals surface area (Å²) in [5.74, 6) is 0. The largest absolute Gasteiger partial charge is 0.377 e. The minimum absolute atomic E-state index is 0.104. The minimum Gasteiger partial charge on any atom is -0.377 e. The Bertz CT molecular complexity index is 355. The highest BCUT2D eigenvalue weighted by Crippen LogP contribution is 2.30. The number of halogens is 1. The molecule has 0 saturated carbocycles. The normalized spacial score (nSPS) is 9.69. The van der Waals surface area contributed by atoms with Crippen molar-refractivity contribution in [1.29, 1.82) is 0 Å². The zero-order valence-corrected chi connectivity index (χ0v) is 8.28. The summed E-state index contributed by atoms with van der Waals surface area (Å²) < 4.78 is 0.954. The molecule has 0 unspecified atom stereocenters. The Hall–Kier alpha value is -1.37. The van der Waals surface area contributed by atoms with Gasteiger partial charge >= 0.3 is 5.69 Å². The molecular weight excluding hydrogens is 242 g/mol. The van der Waals surface area contributed by atoms with E-state index in [-0.39, 0.29) is 15.8 Å². The van der Waals surface area contributed by atoms with Gasteiger partial charge in [-0.3, -0.25) is 15.3 Å². The minimum atomic E-state index is -0.532. The highest BCUT2D eigenvalue weighted by molar-refractivity contribution is 9.10. The van der Waals surface area contributed by atoms with E-state index in [9.17, 15) is 10.1 Å². The molecule has 2 N–H and O–H groups in total. The second kappa shape index (κ2) is 3.56. The van der Waals surface area contributed by atoms with E-state index in [0.717, 1.165) is 4.73 Å². The van der Waals surface area contributed by atoms with Gasteiger partial charge in [-0.05, 0) is 15.9 Å². The van der Waals surface area contributed by atoms with E-state index in [1.165, 1.54) is 19.4 Å². The van der Waals surface area contributed by atoms with Gasteiger partial charge in [-0.1, -0.05) is 0 Å². The molecule has 6 nitrogen and oxygen atoms in total. The average Bonchev–Trinajstić information content (AvgIpc) is 2.01. The van der Waals surface area contributed by atoms with Crippen molar-refractivity contribution < 1.29 is 14.9 Å². The number of nitrogens with zero attached hydrogens (tertiary/aromatic N) is 2. The van der Waals surface area contributed by atoms with Crippen molar-refractivity contribution in [2.75, 3.05) is 12.4 Å². The molecule has 7 heteroatoms. The first kappa shape index (κ1) is 9.72. The molecule has 0 aliphatic carbocycles. The van der Waals surface area contributed by atoms with E-state index in [2.05, 4.69) is 21.2 Å². The molecule has 0 atom stereocenters. The van der Waals surface area contributed by atoms with Gasteiger partial charge in [0.05, 0.1) is 4.92 Å². The summed E-state index contributed by atoms with van der Waals surface area (Å²) in [4.78, 5) is 10.0. The van der Waals surface area contributed by atoms with Crippen LogP contribution in [0.25, 0.3) is 0 Å². The molecule has 70 valence electrons. The topological polar surface area (TPSA) is 79.3 Å². The zero-order valence-electron chi connectivity index (χ0n) is 6.69. The number of pyridine rings is 1. The summed E-state index contributed by atoms with van der Waals surface area (Å²) in [5.41, 5.74) is 0.134. The smallest absolute Gasteiger partial charge is 0.319 e. The molecule has 0 fully saturated rings. The van der Waals surface area contributed by atoms with Crippen molar-refractivity contribution >= 4 is 27.3 Å². The number of anilines is 1. The van der Waals surface area contributed by atoms with Gasteiger partial charge in [-0.25, -0.2) is 0 Å². The lowest BCUT2D eigenvalue weighted by Crippen LogP contribution is -2.29. The van der Waals surface area contributed by atoms with Gasteiger partial charge in [0.1, 0.15) is 0 Å². The Morgan fingerprint density at radius 2 is 2.31 bits per heavy atom. The molecule has 13 heavy (non-hydrogen) atoms. The Labute approximate surface area is 82.0 Å². The quantitative estimate of drug-likeness (QED) is 0.353. The number of nitro groups is 1. The molecule has 0 radical (unpaired) electrons. The first-order chi connectivity index (χ1) is 6.06. The lowest BCUT2D eigenvalue weighted by molar-refractivity contribution is -0.904. The van der Waals surface area contributed by atoms with Crippen molar-refractivity contribution in [1.82, 2.24) is 0 Å². The van der Waals surface area contributed by atoms with Crippen LogP contribution < -0.4 is 10.0 Å². The van der Waals surface area contributed by atoms with Gasteiger partial charge in [-0.15, -0.1) is 0 Å². The predicted molar refractivity (Wildman–Crippen MR) is 47.7 cm³/mol. The standard InChI is InChI=1S/C6H7BrN3O3/c1-8-5-3-9(11)2-4(7)6(5)10(12)13/h2-3,8,11H,1H3/q+1. The van der Waals surface area contributed by atoms with E-state index in [1.54, 1.807) is 0 Å². The first-order valence-corrected chi connectivity index (χ1v) is 4.11. The summed E-state index contributed by atoms with van der Waals surface area (Å²) in [7, 11) is 1.54. The average molecular weight is 249 g/mol. The van der Waals surface area contributed by atoms with Crippen molar-refractivity contribution in [2.24, 2.45) is 0 Å². The number of hydrogen-bond acceptors (Lipinski definition) is 4. The van der Waals surface area contributed by atoms with Crippen LogP contribution in [0.4, 0.5) is 11.4 Å². The molecule has 0 aromatic carbocycles. The molecule has 1 rings (SSSR count). The maximum atomic E-state index is 10.6. The van der Waals surface area contributed by atoms with Gasteiger partial charge in [-0.2, -0.15) is 0 Å². The number of hydrogen-bond donors (Lipinski definition) is 2. The first-order valence-electron chi connectivity index (χ1n) is 3.32. The zero-order chi connectivity index (χ0) is 10.0. The molecule has 0 saturated heterocycles. The van der Waals surface area contributed by atoms with Crippen molar-refractivity contribution in [3.05, 3.63) is 27.0 Å². The van der Waals surface area contributed by atoms with Crippen LogP contribution in [0.15, 0.2) is 16.9 Å². The molecular formula is C6H7BrN3O3+. The van der Waals surface area contributed by atoms with Crippen molar-refractivity contribution in [2.45, 2.75) is 0 Å². The summed E-state index contributed by atoms with van der Waals surface area (Å²) in [6.07, 6.45) is 2.40. The molecule has 0 spiro atoms. The van der Waals surface area contributed by atoms with Gasteiger partial charge in [0.15, 0.2) is 10.2 Å². The van der Waals surface area contributed by atoms with Crippen LogP contribution >= 0.6 is 15.9 Å². The maximum absolute atomic E-state index is 10.6. The highest BCUT2D eigenvalue weighted by atomic mass is 79.9.